The van der Waals surface area contributed by atoms with Crippen LogP contribution >= 0.6 is 23.2 Å². The van der Waals surface area contributed by atoms with E-state index >= 15 is 0 Å². The van der Waals surface area contributed by atoms with Gasteiger partial charge in [-0.05, 0) is 83.2 Å². The molecule has 3 amide bonds. The molecule has 2 aromatic rings. The number of hydrogen-bond acceptors (Lipinski definition) is 5. The molecule has 10 heteroatoms. The van der Waals surface area contributed by atoms with Gasteiger partial charge in [-0.15, -0.1) is 0 Å². The molecule has 8 nitrogen and oxygen atoms in total. The summed E-state index contributed by atoms with van der Waals surface area (Å²) >= 11 is 12.6. The largest absolute Gasteiger partial charge is 0.444 e. The summed E-state index contributed by atoms with van der Waals surface area (Å²) in [7, 11) is 0. The molecule has 226 valence electrons. The maximum absolute atomic E-state index is 13.7. The van der Waals surface area contributed by atoms with Gasteiger partial charge in [-0.25, -0.2) is 4.79 Å². The van der Waals surface area contributed by atoms with Crippen LogP contribution in [0.4, 0.5) is 4.79 Å². The van der Waals surface area contributed by atoms with Crippen LogP contribution in [-0.4, -0.2) is 83.0 Å². The Morgan fingerprint density at radius 2 is 1.64 bits per heavy atom. The van der Waals surface area contributed by atoms with E-state index in [1.807, 2.05) is 73.6 Å². The van der Waals surface area contributed by atoms with Crippen molar-refractivity contribution in [3.63, 3.8) is 0 Å². The fourth-order valence-corrected chi connectivity index (χ4v) is 6.93. The molecule has 4 atom stereocenters. The van der Waals surface area contributed by atoms with Crippen molar-refractivity contribution in [3.05, 3.63) is 68.7 Å². The Kier molecular flexibility index (Phi) is 8.80. The molecule has 42 heavy (non-hydrogen) atoms. The molecule has 2 heterocycles. The summed E-state index contributed by atoms with van der Waals surface area (Å²) in [6, 6.07) is 11.2. The normalized spacial score (nSPS) is 23.8. The number of piperidine rings is 1. The van der Waals surface area contributed by atoms with Crippen molar-refractivity contribution in [1.82, 2.24) is 20.0 Å². The van der Waals surface area contributed by atoms with Crippen molar-refractivity contribution in [1.29, 1.82) is 0 Å². The van der Waals surface area contributed by atoms with Gasteiger partial charge in [-0.2, -0.15) is 0 Å². The van der Waals surface area contributed by atoms with Gasteiger partial charge in [0.1, 0.15) is 5.60 Å². The Bertz CT molecular complexity index is 1360. The Labute approximate surface area is 258 Å². The van der Waals surface area contributed by atoms with E-state index in [0.717, 1.165) is 29.5 Å². The molecule has 3 fully saturated rings. The first-order chi connectivity index (χ1) is 19.8. The van der Waals surface area contributed by atoms with E-state index in [1.54, 1.807) is 12.1 Å². The number of ether oxygens (including phenoxy) is 1. The van der Waals surface area contributed by atoms with Gasteiger partial charge >= 0.3 is 6.09 Å². The number of fused-ring (bicyclic) bond motifs is 2. The number of rotatable bonds is 5. The monoisotopic (exact) mass is 614 g/mol. The van der Waals surface area contributed by atoms with Gasteiger partial charge in [0.05, 0.1) is 22.6 Å². The quantitative estimate of drug-likeness (QED) is 0.472. The van der Waals surface area contributed by atoms with Crippen LogP contribution in [0.3, 0.4) is 0 Å². The number of halogens is 2. The van der Waals surface area contributed by atoms with Gasteiger partial charge in [0.15, 0.2) is 0 Å². The van der Waals surface area contributed by atoms with Crippen LogP contribution in [-0.2, 0) is 9.53 Å². The van der Waals surface area contributed by atoms with Crippen molar-refractivity contribution in [2.45, 2.75) is 71.2 Å². The molecule has 0 aromatic heterocycles. The van der Waals surface area contributed by atoms with Gasteiger partial charge in [-0.1, -0.05) is 46.5 Å². The van der Waals surface area contributed by atoms with E-state index in [0.29, 0.717) is 41.8 Å². The zero-order valence-electron chi connectivity index (χ0n) is 25.0. The second-order valence-electron chi connectivity index (χ2n) is 12.9. The molecule has 1 saturated carbocycles. The van der Waals surface area contributed by atoms with E-state index < -0.39 is 5.60 Å². The molecule has 3 unspecified atom stereocenters. The fraction of sp³-hybridized carbons (Fsp3) is 0.531. The average molecular weight is 616 g/mol. The number of likely N-dealkylation sites (tertiary alicyclic amines) is 1. The van der Waals surface area contributed by atoms with Crippen LogP contribution in [0.2, 0.25) is 10.0 Å². The molecule has 0 radical (unpaired) electrons. The first-order valence-corrected chi connectivity index (χ1v) is 15.4. The fourth-order valence-electron chi connectivity index (χ4n) is 6.62. The zero-order valence-corrected chi connectivity index (χ0v) is 26.5. The Balaban J connectivity index is 1.26. The third-order valence-electron chi connectivity index (χ3n) is 8.47. The number of aryl methyl sites for hydroxylation is 2. The number of amides is 3. The SMILES string of the molecule is Cc1cc(C)cc(C(=O)N2CCN(C(=O)CNC3CC4CC3CN4C(=O)OC(C)(C)C)[C@H](c3ccc(Cl)c(Cl)c3)C2)c1. The van der Waals surface area contributed by atoms with E-state index in [4.69, 9.17) is 27.9 Å². The van der Waals surface area contributed by atoms with Gasteiger partial charge in [0, 0.05) is 43.8 Å². The zero-order chi connectivity index (χ0) is 30.3. The maximum Gasteiger partial charge on any atom is 0.410 e. The summed E-state index contributed by atoms with van der Waals surface area (Å²) in [4.78, 5) is 45.3. The van der Waals surface area contributed by atoms with Crippen LogP contribution in [0.1, 0.15) is 66.7 Å². The van der Waals surface area contributed by atoms with Crippen molar-refractivity contribution in [3.8, 4) is 0 Å². The lowest BCUT2D eigenvalue weighted by molar-refractivity contribution is -0.135. The van der Waals surface area contributed by atoms with E-state index in [9.17, 15) is 14.4 Å². The van der Waals surface area contributed by atoms with Gasteiger partial charge in [0.2, 0.25) is 5.91 Å². The van der Waals surface area contributed by atoms with Crippen LogP contribution < -0.4 is 5.32 Å². The van der Waals surface area contributed by atoms with Crippen molar-refractivity contribution in [2.24, 2.45) is 5.92 Å². The summed E-state index contributed by atoms with van der Waals surface area (Å²) < 4.78 is 5.58. The van der Waals surface area contributed by atoms with Gasteiger partial charge in [-0.3, -0.25) is 9.59 Å². The number of hydrogen-bond donors (Lipinski definition) is 1. The summed E-state index contributed by atoms with van der Waals surface area (Å²) in [5, 5.41) is 4.34. The highest BCUT2D eigenvalue weighted by Crippen LogP contribution is 2.39. The second-order valence-corrected chi connectivity index (χ2v) is 13.7. The number of carbonyl (C=O) groups is 3. The molecule has 1 N–H and O–H groups in total. The summed E-state index contributed by atoms with van der Waals surface area (Å²) in [6.45, 7) is 11.6. The minimum atomic E-state index is -0.526. The lowest BCUT2D eigenvalue weighted by Crippen LogP contribution is -2.55. The third kappa shape index (κ3) is 6.71. The van der Waals surface area contributed by atoms with Crippen molar-refractivity contribution in [2.75, 3.05) is 32.7 Å². The topological polar surface area (TPSA) is 82.2 Å². The predicted octanol–water partition coefficient (Wildman–Crippen LogP) is 5.62. The van der Waals surface area contributed by atoms with E-state index in [2.05, 4.69) is 5.32 Å². The molecule has 3 aliphatic rings. The highest BCUT2D eigenvalue weighted by molar-refractivity contribution is 6.42. The molecule has 5 rings (SSSR count). The van der Waals surface area contributed by atoms with E-state index in [1.165, 1.54) is 0 Å². The van der Waals surface area contributed by atoms with Crippen molar-refractivity contribution >= 4 is 41.1 Å². The standard InChI is InChI=1S/C32H40Cl2N4O4/c1-19-10-20(2)12-22(11-19)30(40)36-8-9-37(28(18-36)21-6-7-25(33)26(34)14-21)29(39)16-35-27-15-24-13-23(27)17-38(24)31(41)42-32(3,4)5/h6-7,10-12,14,23-24,27-28,35H,8-9,13,15-18H2,1-5H3/t23?,24?,27?,28-/m0/s1. The van der Waals surface area contributed by atoms with Crippen LogP contribution in [0.5, 0.6) is 0 Å². The van der Waals surface area contributed by atoms with E-state index in [-0.39, 0.29) is 48.5 Å². The summed E-state index contributed by atoms with van der Waals surface area (Å²) in [5.41, 5.74) is 3.03. The number of nitrogens with zero attached hydrogens (tertiary/aromatic N) is 3. The number of benzene rings is 2. The maximum atomic E-state index is 13.7. The predicted molar refractivity (Wildman–Crippen MR) is 164 cm³/mol. The lowest BCUT2D eigenvalue weighted by Gasteiger charge is -2.42. The van der Waals surface area contributed by atoms with Crippen molar-refractivity contribution < 1.29 is 19.1 Å². The molecule has 1 aliphatic carbocycles. The number of carbonyl (C=O) groups excluding carboxylic acids is 3. The summed E-state index contributed by atoms with van der Waals surface area (Å²) in [5.74, 6) is 0.207. The smallest absolute Gasteiger partial charge is 0.410 e. The third-order valence-corrected chi connectivity index (χ3v) is 9.21. The Morgan fingerprint density at radius 3 is 2.26 bits per heavy atom. The molecule has 2 aromatic carbocycles. The molecular formula is C32H40Cl2N4O4. The Hall–Kier alpha value is -2.81. The highest BCUT2D eigenvalue weighted by Gasteiger charge is 2.47. The molecular weight excluding hydrogens is 575 g/mol. The molecule has 2 saturated heterocycles. The minimum Gasteiger partial charge on any atom is -0.444 e. The molecule has 2 bridgehead atoms. The minimum absolute atomic E-state index is 0.0312. The summed E-state index contributed by atoms with van der Waals surface area (Å²) in [6.07, 6.45) is 1.45. The van der Waals surface area contributed by atoms with Gasteiger partial charge < -0.3 is 24.8 Å². The van der Waals surface area contributed by atoms with Crippen LogP contribution in [0, 0.1) is 19.8 Å². The lowest BCUT2D eigenvalue weighted by atomic mass is 10.00. The number of nitrogens with one attached hydrogen (secondary N) is 1. The molecule has 2 aliphatic heterocycles. The first kappa shape index (κ1) is 30.6. The number of piperazine rings is 1. The molecule has 0 spiro atoms. The van der Waals surface area contributed by atoms with Crippen LogP contribution in [0.25, 0.3) is 0 Å². The Morgan fingerprint density at radius 1 is 0.929 bits per heavy atom. The van der Waals surface area contributed by atoms with Gasteiger partial charge in [0.25, 0.3) is 5.91 Å². The average Bonchev–Trinajstić information content (AvgIpc) is 3.52. The highest BCUT2D eigenvalue weighted by atomic mass is 35.5. The first-order valence-electron chi connectivity index (χ1n) is 14.6. The second kappa shape index (κ2) is 12.1. The van der Waals surface area contributed by atoms with Crippen LogP contribution in [0.15, 0.2) is 36.4 Å².